The van der Waals surface area contributed by atoms with Gasteiger partial charge in [-0.25, -0.2) is 4.98 Å². The zero-order chi connectivity index (χ0) is 20.6. The van der Waals surface area contributed by atoms with Crippen LogP contribution in [0.1, 0.15) is 5.69 Å². The van der Waals surface area contributed by atoms with Gasteiger partial charge in [0.1, 0.15) is 29.4 Å². The number of rotatable bonds is 6. The number of carboxylic acid groups (broad SMARTS) is 2. The van der Waals surface area contributed by atoms with Crippen LogP contribution >= 0.6 is 34.7 Å². The van der Waals surface area contributed by atoms with Crippen molar-refractivity contribution in [2.75, 3.05) is 24.6 Å². The number of carboxylic acids is 2. The summed E-state index contributed by atoms with van der Waals surface area (Å²) in [5.74, 6) is -3.65. The standard InChI is InChI=1S/C14H14ClN5O6S2/c15-14(12(25)26)3-20-10(24)8(11(20)28-4-14)19-9(23)7(17-1-6(21)22)5-2-27-13(16)18-5/h2,8,11H,1,3-4H2,(H2,16,18)(H,19,23)(H,21,22)(H,25,26)/t8?,11-,14?/m1/s1. The van der Waals surface area contributed by atoms with Crippen molar-refractivity contribution >= 4 is 69.3 Å². The summed E-state index contributed by atoms with van der Waals surface area (Å²) < 4.78 is 0. The number of aliphatic imine (C=N–C) groups is 1. The lowest BCUT2D eigenvalue weighted by atomic mass is 10.0. The molecular formula is C14H14ClN5O6S2. The Morgan fingerprint density at radius 2 is 2.18 bits per heavy atom. The number of aromatic nitrogens is 1. The fourth-order valence-electron chi connectivity index (χ4n) is 2.70. The predicted molar refractivity (Wildman–Crippen MR) is 102 cm³/mol. The first-order chi connectivity index (χ1) is 13.1. The SMILES string of the molecule is Nc1nc(C(=NCC(=O)O)C(=O)NC2C(=O)N3CC(Cl)(C(=O)O)CS[C@H]23)cs1. The second-order valence-electron chi connectivity index (χ2n) is 6.02. The molecule has 11 nitrogen and oxygen atoms in total. The number of aliphatic carboxylic acids is 2. The van der Waals surface area contributed by atoms with E-state index in [4.69, 9.17) is 22.4 Å². The highest BCUT2D eigenvalue weighted by molar-refractivity contribution is 8.00. The van der Waals surface area contributed by atoms with Crippen molar-refractivity contribution in [2.45, 2.75) is 16.3 Å². The predicted octanol–water partition coefficient (Wildman–Crippen LogP) is -0.939. The van der Waals surface area contributed by atoms with Gasteiger partial charge in [-0.05, 0) is 0 Å². The first-order valence-electron chi connectivity index (χ1n) is 7.75. The Morgan fingerprint density at radius 1 is 1.46 bits per heavy atom. The van der Waals surface area contributed by atoms with Crippen LogP contribution < -0.4 is 11.1 Å². The van der Waals surface area contributed by atoms with E-state index in [9.17, 15) is 24.3 Å². The Labute approximate surface area is 170 Å². The van der Waals surface area contributed by atoms with Crippen LogP contribution in [0.15, 0.2) is 10.4 Å². The molecule has 1 aromatic heterocycles. The van der Waals surface area contributed by atoms with Crippen LogP contribution in [0.25, 0.3) is 0 Å². The Hall–Kier alpha value is -2.38. The van der Waals surface area contributed by atoms with Gasteiger partial charge in [0.2, 0.25) is 5.91 Å². The molecule has 2 aliphatic heterocycles. The molecule has 2 fully saturated rings. The Bertz CT molecular complexity index is 891. The van der Waals surface area contributed by atoms with Gasteiger partial charge in [-0.15, -0.1) is 34.7 Å². The zero-order valence-corrected chi connectivity index (χ0v) is 16.4. The molecule has 1 aromatic rings. The molecule has 0 aromatic carbocycles. The number of carbonyl (C=O) groups excluding carboxylic acids is 2. The maximum absolute atomic E-state index is 12.6. The van der Waals surface area contributed by atoms with Crippen LogP contribution in [0.5, 0.6) is 0 Å². The molecule has 3 rings (SSSR count). The van der Waals surface area contributed by atoms with Gasteiger partial charge in [0.15, 0.2) is 10.0 Å². The summed E-state index contributed by atoms with van der Waals surface area (Å²) in [5.41, 5.74) is 5.40. The lowest BCUT2D eigenvalue weighted by molar-refractivity contribution is -0.151. The number of hydrogen-bond donors (Lipinski definition) is 4. The van der Waals surface area contributed by atoms with Gasteiger partial charge in [-0.3, -0.25) is 24.2 Å². The van der Waals surface area contributed by atoms with Crippen molar-refractivity contribution in [3.63, 3.8) is 0 Å². The molecule has 5 N–H and O–H groups in total. The molecule has 2 amide bonds. The van der Waals surface area contributed by atoms with Crippen LogP contribution in [-0.4, -0.2) is 84.7 Å². The van der Waals surface area contributed by atoms with Gasteiger partial charge < -0.3 is 26.2 Å². The van der Waals surface area contributed by atoms with E-state index >= 15 is 0 Å². The molecule has 0 saturated carbocycles. The van der Waals surface area contributed by atoms with Crippen LogP contribution in [0.3, 0.4) is 0 Å². The van der Waals surface area contributed by atoms with E-state index < -0.39 is 46.6 Å². The van der Waals surface area contributed by atoms with Crippen molar-refractivity contribution in [1.29, 1.82) is 0 Å². The second-order valence-corrected chi connectivity index (χ2v) is 8.74. The highest BCUT2D eigenvalue weighted by Gasteiger charge is 2.57. The van der Waals surface area contributed by atoms with Crippen LogP contribution in [0.4, 0.5) is 5.13 Å². The third kappa shape index (κ3) is 3.77. The number of carbonyl (C=O) groups is 4. The largest absolute Gasteiger partial charge is 0.480 e. The Balaban J connectivity index is 1.73. The molecule has 150 valence electrons. The normalized spacial score (nSPS) is 27.0. The first kappa shape index (κ1) is 20.4. The fourth-order valence-corrected chi connectivity index (χ4v) is 4.95. The lowest BCUT2D eigenvalue weighted by Crippen LogP contribution is -2.74. The summed E-state index contributed by atoms with van der Waals surface area (Å²) >= 11 is 8.23. The minimum absolute atomic E-state index is 0.0628. The summed E-state index contributed by atoms with van der Waals surface area (Å²) in [4.78, 5) is 54.4. The van der Waals surface area contributed by atoms with Gasteiger partial charge in [0.25, 0.3) is 5.91 Å². The maximum Gasteiger partial charge on any atom is 0.327 e. The van der Waals surface area contributed by atoms with Crippen molar-refractivity contribution in [3.8, 4) is 0 Å². The van der Waals surface area contributed by atoms with Crippen LogP contribution in [0, 0.1) is 0 Å². The second kappa shape index (κ2) is 7.56. The molecule has 28 heavy (non-hydrogen) atoms. The van der Waals surface area contributed by atoms with Crippen molar-refractivity contribution in [2.24, 2.45) is 4.99 Å². The van der Waals surface area contributed by atoms with E-state index in [1.807, 2.05) is 0 Å². The third-order valence-corrected chi connectivity index (χ3v) is 6.84. The molecule has 2 aliphatic rings. The highest BCUT2D eigenvalue weighted by atomic mass is 35.5. The number of fused-ring (bicyclic) bond motifs is 1. The quantitative estimate of drug-likeness (QED) is 0.243. The van der Waals surface area contributed by atoms with E-state index in [-0.39, 0.29) is 28.8 Å². The average molecular weight is 448 g/mol. The van der Waals surface area contributed by atoms with Gasteiger partial charge in [0, 0.05) is 11.1 Å². The smallest absolute Gasteiger partial charge is 0.327 e. The number of alkyl halides is 1. The lowest BCUT2D eigenvalue weighted by Gasteiger charge is -2.52. The summed E-state index contributed by atoms with van der Waals surface area (Å²) in [6.07, 6.45) is 0. The summed E-state index contributed by atoms with van der Waals surface area (Å²) in [6, 6.07) is -0.904. The van der Waals surface area contributed by atoms with Gasteiger partial charge >= 0.3 is 11.9 Å². The minimum atomic E-state index is -1.57. The van der Waals surface area contributed by atoms with Gasteiger partial charge in [0.05, 0.1) is 6.54 Å². The van der Waals surface area contributed by atoms with Crippen molar-refractivity contribution < 1.29 is 29.4 Å². The van der Waals surface area contributed by atoms with E-state index in [1.165, 1.54) is 10.3 Å². The number of nitrogens with zero attached hydrogens (tertiary/aromatic N) is 3. The topological polar surface area (TPSA) is 175 Å². The monoisotopic (exact) mass is 447 g/mol. The summed E-state index contributed by atoms with van der Waals surface area (Å²) in [5, 5.41) is 21.7. The molecule has 2 saturated heterocycles. The third-order valence-electron chi connectivity index (χ3n) is 4.07. The zero-order valence-electron chi connectivity index (χ0n) is 14.0. The van der Waals surface area contributed by atoms with Crippen LogP contribution in [-0.2, 0) is 19.2 Å². The number of anilines is 1. The number of β-lactam (4-membered cyclic amide) rings is 1. The molecular weight excluding hydrogens is 434 g/mol. The highest BCUT2D eigenvalue weighted by Crippen LogP contribution is 2.41. The Kier molecular flexibility index (Phi) is 5.50. The van der Waals surface area contributed by atoms with Gasteiger partial charge in [-0.2, -0.15) is 0 Å². The van der Waals surface area contributed by atoms with Crippen molar-refractivity contribution in [1.82, 2.24) is 15.2 Å². The number of amides is 2. The number of thioether (sulfide) groups is 1. The number of nitrogen functional groups attached to an aromatic ring is 1. The number of nitrogens with one attached hydrogen (secondary N) is 1. The van der Waals surface area contributed by atoms with Crippen molar-refractivity contribution in [3.05, 3.63) is 11.1 Å². The molecule has 0 radical (unpaired) electrons. The number of hydrogen-bond acceptors (Lipinski definition) is 9. The van der Waals surface area contributed by atoms with E-state index in [0.29, 0.717) is 0 Å². The molecule has 2 unspecified atom stereocenters. The average Bonchev–Trinajstić information content (AvgIpc) is 3.05. The molecule has 3 heterocycles. The number of halogens is 1. The van der Waals surface area contributed by atoms with E-state index in [0.717, 1.165) is 23.1 Å². The molecule has 0 spiro atoms. The summed E-state index contributed by atoms with van der Waals surface area (Å²) in [6.45, 7) is -0.828. The number of nitrogens with two attached hydrogens (primary N) is 1. The summed E-state index contributed by atoms with van der Waals surface area (Å²) in [7, 11) is 0. The Morgan fingerprint density at radius 3 is 2.75 bits per heavy atom. The van der Waals surface area contributed by atoms with E-state index in [2.05, 4.69) is 15.3 Å². The first-order valence-corrected chi connectivity index (χ1v) is 10.1. The maximum atomic E-state index is 12.6. The fraction of sp³-hybridized carbons (Fsp3) is 0.429. The number of thiazole rings is 1. The molecule has 14 heteroatoms. The molecule has 0 aliphatic carbocycles. The molecule has 0 bridgehead atoms. The van der Waals surface area contributed by atoms with Crippen LogP contribution in [0.2, 0.25) is 0 Å². The molecule has 3 atom stereocenters. The minimum Gasteiger partial charge on any atom is -0.480 e. The van der Waals surface area contributed by atoms with Gasteiger partial charge in [-0.1, -0.05) is 0 Å². The van der Waals surface area contributed by atoms with E-state index in [1.54, 1.807) is 0 Å².